The lowest BCUT2D eigenvalue weighted by atomic mass is 10.1. The zero-order valence-corrected chi connectivity index (χ0v) is 15.9. The van der Waals surface area contributed by atoms with Crippen molar-refractivity contribution in [1.82, 2.24) is 9.78 Å². The molecule has 1 atom stereocenters. The van der Waals surface area contributed by atoms with Crippen LogP contribution in [0.15, 0.2) is 59.4 Å². The molecule has 4 rings (SSSR count). The Hall–Kier alpha value is -3.81. The van der Waals surface area contributed by atoms with E-state index in [4.69, 9.17) is 0 Å². The normalized spacial score (nSPS) is 15.2. The fourth-order valence-corrected chi connectivity index (χ4v) is 3.73. The van der Waals surface area contributed by atoms with Crippen LogP contribution >= 0.6 is 0 Å². The number of anilines is 1. The molecule has 29 heavy (non-hydrogen) atoms. The Morgan fingerprint density at radius 3 is 2.52 bits per heavy atom. The van der Waals surface area contributed by atoms with Gasteiger partial charge in [-0.3, -0.25) is 19.7 Å². The summed E-state index contributed by atoms with van der Waals surface area (Å²) in [6.45, 7) is 3.53. The van der Waals surface area contributed by atoms with Crippen LogP contribution in [-0.2, 0) is 6.42 Å². The standard InChI is InChI=1S/C21H18N4O4/c1-13-11-15-7-3-4-8-16(15)23(13)21(27)20-19(26)12-14(2)24(22-20)17-9-5-6-10-18(17)25(28)29/h3-10,12-13H,11H2,1-2H3. The molecule has 0 fully saturated rings. The molecule has 0 saturated heterocycles. The van der Waals surface area contributed by atoms with Crippen molar-refractivity contribution in [2.24, 2.45) is 0 Å². The van der Waals surface area contributed by atoms with Crippen LogP contribution in [-0.4, -0.2) is 26.7 Å². The van der Waals surface area contributed by atoms with Gasteiger partial charge in [-0.15, -0.1) is 0 Å². The molecule has 8 heteroatoms. The van der Waals surface area contributed by atoms with Gasteiger partial charge in [0, 0.05) is 29.6 Å². The van der Waals surface area contributed by atoms with Crippen LogP contribution in [0.2, 0.25) is 0 Å². The third-order valence-corrected chi connectivity index (χ3v) is 5.04. The lowest BCUT2D eigenvalue weighted by Gasteiger charge is -2.22. The van der Waals surface area contributed by atoms with Crippen molar-refractivity contribution < 1.29 is 9.72 Å². The van der Waals surface area contributed by atoms with Crippen LogP contribution in [0.4, 0.5) is 11.4 Å². The average Bonchev–Trinajstić information content (AvgIpc) is 3.03. The predicted molar refractivity (Wildman–Crippen MR) is 108 cm³/mol. The summed E-state index contributed by atoms with van der Waals surface area (Å²) in [5, 5.41) is 15.7. The summed E-state index contributed by atoms with van der Waals surface area (Å²) in [5.41, 5.74) is 1.43. The zero-order chi connectivity index (χ0) is 20.7. The van der Waals surface area contributed by atoms with Gasteiger partial charge in [0.15, 0.2) is 5.69 Å². The SMILES string of the molecule is Cc1cc(=O)c(C(=O)N2c3ccccc3CC2C)nn1-c1ccccc1[N+](=O)[O-]. The number of rotatable bonds is 3. The van der Waals surface area contributed by atoms with Crippen molar-refractivity contribution >= 4 is 17.3 Å². The van der Waals surface area contributed by atoms with Crippen LogP contribution in [0, 0.1) is 17.0 Å². The lowest BCUT2D eigenvalue weighted by Crippen LogP contribution is -2.39. The van der Waals surface area contributed by atoms with E-state index in [1.807, 2.05) is 31.2 Å². The number of aryl methyl sites for hydroxylation is 1. The van der Waals surface area contributed by atoms with Gasteiger partial charge in [-0.05, 0) is 38.0 Å². The molecule has 1 amide bonds. The van der Waals surface area contributed by atoms with Gasteiger partial charge >= 0.3 is 0 Å². The highest BCUT2D eigenvalue weighted by atomic mass is 16.6. The molecule has 0 bridgehead atoms. The number of nitro benzene ring substituents is 1. The molecule has 3 aromatic rings. The Kier molecular flexibility index (Phi) is 4.46. The monoisotopic (exact) mass is 390 g/mol. The van der Waals surface area contributed by atoms with Crippen molar-refractivity contribution in [2.45, 2.75) is 26.3 Å². The second kappa shape index (κ2) is 6.97. The van der Waals surface area contributed by atoms with E-state index in [0.717, 1.165) is 11.3 Å². The Bertz CT molecular complexity index is 1200. The summed E-state index contributed by atoms with van der Waals surface area (Å²) in [6, 6.07) is 14.8. The smallest absolute Gasteiger partial charge is 0.294 e. The third kappa shape index (κ3) is 3.08. The van der Waals surface area contributed by atoms with Crippen molar-refractivity contribution in [3.05, 3.63) is 91.9 Å². The average molecular weight is 390 g/mol. The number of benzene rings is 2. The third-order valence-electron chi connectivity index (χ3n) is 5.04. The Morgan fingerprint density at radius 1 is 1.14 bits per heavy atom. The maximum absolute atomic E-state index is 13.3. The van der Waals surface area contributed by atoms with Gasteiger partial charge in [0.25, 0.3) is 11.6 Å². The Balaban J connectivity index is 1.85. The second-order valence-electron chi connectivity index (χ2n) is 7.01. The molecule has 1 aliphatic rings. The quantitative estimate of drug-likeness (QED) is 0.506. The highest BCUT2D eigenvalue weighted by molar-refractivity contribution is 6.06. The van der Waals surface area contributed by atoms with Crippen LogP contribution in [0.25, 0.3) is 5.69 Å². The van der Waals surface area contributed by atoms with E-state index in [1.165, 1.54) is 22.9 Å². The highest BCUT2D eigenvalue weighted by Gasteiger charge is 2.33. The summed E-state index contributed by atoms with van der Waals surface area (Å²) < 4.78 is 1.28. The fraction of sp³-hybridized carbons (Fsp3) is 0.190. The zero-order valence-electron chi connectivity index (χ0n) is 15.9. The van der Waals surface area contributed by atoms with Gasteiger partial charge < -0.3 is 4.90 Å². The van der Waals surface area contributed by atoms with Crippen molar-refractivity contribution in [1.29, 1.82) is 0 Å². The summed E-state index contributed by atoms with van der Waals surface area (Å²) in [5.74, 6) is -0.514. The Labute approximate surface area is 166 Å². The maximum Gasteiger partial charge on any atom is 0.294 e. The molecule has 1 aromatic heterocycles. The first-order chi connectivity index (χ1) is 13.9. The number of aromatic nitrogens is 2. The maximum atomic E-state index is 13.3. The highest BCUT2D eigenvalue weighted by Crippen LogP contribution is 2.32. The molecule has 0 spiro atoms. The largest absolute Gasteiger partial charge is 0.303 e. The first kappa shape index (κ1) is 18.5. The first-order valence-electron chi connectivity index (χ1n) is 9.14. The van der Waals surface area contributed by atoms with Gasteiger partial charge in [0.1, 0.15) is 5.69 Å². The topological polar surface area (TPSA) is 98.3 Å². The lowest BCUT2D eigenvalue weighted by molar-refractivity contribution is -0.384. The van der Waals surface area contributed by atoms with Gasteiger partial charge in [-0.1, -0.05) is 30.3 Å². The second-order valence-corrected chi connectivity index (χ2v) is 7.01. The number of amides is 1. The summed E-state index contributed by atoms with van der Waals surface area (Å²) in [4.78, 5) is 38.3. The molecular weight excluding hydrogens is 372 g/mol. The van der Waals surface area contributed by atoms with E-state index < -0.39 is 16.3 Å². The molecule has 146 valence electrons. The van der Waals surface area contributed by atoms with E-state index >= 15 is 0 Å². The van der Waals surface area contributed by atoms with Crippen LogP contribution < -0.4 is 10.3 Å². The summed E-state index contributed by atoms with van der Waals surface area (Å²) >= 11 is 0. The molecule has 8 nitrogen and oxygen atoms in total. The van der Waals surface area contributed by atoms with E-state index in [9.17, 15) is 19.7 Å². The molecule has 0 aliphatic carbocycles. The van der Waals surface area contributed by atoms with Crippen LogP contribution in [0.5, 0.6) is 0 Å². The molecule has 0 radical (unpaired) electrons. The van der Waals surface area contributed by atoms with Crippen molar-refractivity contribution in [2.75, 3.05) is 4.90 Å². The van der Waals surface area contributed by atoms with Gasteiger partial charge in [-0.25, -0.2) is 4.68 Å². The molecule has 0 saturated carbocycles. The number of hydrogen-bond donors (Lipinski definition) is 0. The number of para-hydroxylation sites is 3. The van der Waals surface area contributed by atoms with Crippen LogP contribution in [0.1, 0.15) is 28.7 Å². The predicted octanol–water partition coefficient (Wildman–Crippen LogP) is 3.04. The number of carbonyl (C=O) groups excluding carboxylic acids is 1. The van der Waals surface area contributed by atoms with Crippen LogP contribution in [0.3, 0.4) is 0 Å². The minimum absolute atomic E-state index is 0.123. The molecule has 2 heterocycles. The molecule has 1 unspecified atom stereocenters. The van der Waals surface area contributed by atoms with E-state index in [1.54, 1.807) is 24.0 Å². The summed E-state index contributed by atoms with van der Waals surface area (Å²) in [6.07, 6.45) is 0.687. The van der Waals surface area contributed by atoms with E-state index in [2.05, 4.69) is 5.10 Å². The number of nitrogens with zero attached hydrogens (tertiary/aromatic N) is 4. The van der Waals surface area contributed by atoms with Crippen molar-refractivity contribution in [3.63, 3.8) is 0 Å². The van der Waals surface area contributed by atoms with Crippen molar-refractivity contribution in [3.8, 4) is 5.69 Å². The summed E-state index contributed by atoms with van der Waals surface area (Å²) in [7, 11) is 0. The van der Waals surface area contributed by atoms with E-state index in [0.29, 0.717) is 12.1 Å². The minimum atomic E-state index is -0.519. The van der Waals surface area contributed by atoms with E-state index in [-0.39, 0.29) is 23.1 Å². The molecule has 0 N–H and O–H groups in total. The Morgan fingerprint density at radius 2 is 1.79 bits per heavy atom. The molecular formula is C21H18N4O4. The molecule has 2 aromatic carbocycles. The first-order valence-corrected chi connectivity index (χ1v) is 9.14. The number of carbonyl (C=O) groups is 1. The number of hydrogen-bond acceptors (Lipinski definition) is 5. The number of nitro groups is 1. The van der Waals surface area contributed by atoms with Gasteiger partial charge in [0.05, 0.1) is 4.92 Å². The van der Waals surface area contributed by atoms with Gasteiger partial charge in [-0.2, -0.15) is 5.10 Å². The van der Waals surface area contributed by atoms with Gasteiger partial charge in [0.2, 0.25) is 5.43 Å². The number of fused-ring (bicyclic) bond motifs is 1. The fourth-order valence-electron chi connectivity index (χ4n) is 3.73. The molecule has 1 aliphatic heterocycles. The minimum Gasteiger partial charge on any atom is -0.303 e.